The lowest BCUT2D eigenvalue weighted by Crippen LogP contribution is -2.37. The van der Waals surface area contributed by atoms with Crippen LogP contribution in [0.4, 0.5) is 0 Å². The fourth-order valence-corrected chi connectivity index (χ4v) is 2.62. The van der Waals surface area contributed by atoms with Crippen LogP contribution in [0.3, 0.4) is 0 Å². The van der Waals surface area contributed by atoms with Crippen molar-refractivity contribution < 1.29 is 9.47 Å². The molecular weight excluding hydrogens is 290 g/mol. The van der Waals surface area contributed by atoms with Crippen LogP contribution in [-0.2, 0) is 22.6 Å². The molecule has 0 spiro atoms. The van der Waals surface area contributed by atoms with Gasteiger partial charge < -0.3 is 20.1 Å². The Morgan fingerprint density at radius 2 is 1.78 bits per heavy atom. The van der Waals surface area contributed by atoms with E-state index in [2.05, 4.69) is 48.0 Å². The van der Waals surface area contributed by atoms with E-state index < -0.39 is 0 Å². The van der Waals surface area contributed by atoms with E-state index in [1.807, 2.05) is 0 Å². The molecule has 0 aliphatic carbocycles. The van der Waals surface area contributed by atoms with Gasteiger partial charge in [-0.1, -0.05) is 24.3 Å². The maximum absolute atomic E-state index is 5.99. The Labute approximate surface area is 139 Å². The van der Waals surface area contributed by atoms with Gasteiger partial charge in [-0.05, 0) is 37.8 Å². The van der Waals surface area contributed by atoms with Crippen LogP contribution in [0.15, 0.2) is 29.3 Å². The summed E-state index contributed by atoms with van der Waals surface area (Å²) < 4.78 is 11.3. The predicted molar refractivity (Wildman–Crippen MR) is 93.3 cm³/mol. The SMILES string of the molecule is CCN(CC)C(N)=NCc1ccc(COC2CCOCC2)cc1. The number of nitrogens with zero attached hydrogens (tertiary/aromatic N) is 2. The van der Waals surface area contributed by atoms with Gasteiger partial charge in [-0.25, -0.2) is 4.99 Å². The molecule has 5 heteroatoms. The highest BCUT2D eigenvalue weighted by atomic mass is 16.5. The minimum Gasteiger partial charge on any atom is -0.381 e. The van der Waals surface area contributed by atoms with Crippen molar-refractivity contribution in [3.8, 4) is 0 Å². The van der Waals surface area contributed by atoms with Gasteiger partial charge in [0.1, 0.15) is 0 Å². The molecule has 1 aromatic carbocycles. The van der Waals surface area contributed by atoms with Crippen LogP contribution in [0.5, 0.6) is 0 Å². The molecule has 0 saturated carbocycles. The number of hydrogen-bond donors (Lipinski definition) is 1. The van der Waals surface area contributed by atoms with Gasteiger partial charge in [0.25, 0.3) is 0 Å². The maximum Gasteiger partial charge on any atom is 0.191 e. The number of rotatable bonds is 7. The summed E-state index contributed by atoms with van der Waals surface area (Å²) in [5.41, 5.74) is 8.35. The number of guanidine groups is 1. The second kappa shape index (κ2) is 9.53. The average Bonchev–Trinajstić information content (AvgIpc) is 2.61. The Morgan fingerprint density at radius 3 is 2.39 bits per heavy atom. The molecule has 0 unspecified atom stereocenters. The number of nitrogens with two attached hydrogens (primary N) is 1. The van der Waals surface area contributed by atoms with Crippen molar-refractivity contribution in [1.82, 2.24) is 4.90 Å². The zero-order valence-electron chi connectivity index (χ0n) is 14.3. The molecule has 0 radical (unpaired) electrons. The number of ether oxygens (including phenoxy) is 2. The van der Waals surface area contributed by atoms with Gasteiger partial charge in [0.2, 0.25) is 0 Å². The Hall–Kier alpha value is -1.59. The first-order valence-corrected chi connectivity index (χ1v) is 8.55. The Balaban J connectivity index is 1.80. The molecular formula is C18H29N3O2. The Morgan fingerprint density at radius 1 is 1.17 bits per heavy atom. The van der Waals surface area contributed by atoms with Gasteiger partial charge in [-0.15, -0.1) is 0 Å². The van der Waals surface area contributed by atoms with Crippen LogP contribution in [-0.4, -0.2) is 43.3 Å². The van der Waals surface area contributed by atoms with Crippen molar-refractivity contribution in [3.63, 3.8) is 0 Å². The monoisotopic (exact) mass is 319 g/mol. The fraction of sp³-hybridized carbons (Fsp3) is 0.611. The van der Waals surface area contributed by atoms with E-state index in [0.29, 0.717) is 25.2 Å². The molecule has 1 fully saturated rings. The second-order valence-corrected chi connectivity index (χ2v) is 5.79. The smallest absolute Gasteiger partial charge is 0.191 e. The van der Waals surface area contributed by atoms with Gasteiger partial charge in [-0.2, -0.15) is 0 Å². The van der Waals surface area contributed by atoms with Crippen molar-refractivity contribution >= 4 is 5.96 Å². The molecule has 0 amide bonds. The zero-order chi connectivity index (χ0) is 16.5. The van der Waals surface area contributed by atoms with Crippen molar-refractivity contribution in [2.24, 2.45) is 10.7 Å². The minimum atomic E-state index is 0.335. The zero-order valence-corrected chi connectivity index (χ0v) is 14.3. The summed E-state index contributed by atoms with van der Waals surface area (Å²) in [6, 6.07) is 8.42. The molecule has 2 N–H and O–H groups in total. The van der Waals surface area contributed by atoms with E-state index in [1.165, 1.54) is 5.56 Å². The minimum absolute atomic E-state index is 0.335. The summed E-state index contributed by atoms with van der Waals surface area (Å²) in [5, 5.41) is 0. The van der Waals surface area contributed by atoms with Crippen LogP contribution >= 0.6 is 0 Å². The maximum atomic E-state index is 5.99. The molecule has 1 aliphatic heterocycles. The van der Waals surface area contributed by atoms with Crippen molar-refractivity contribution in [2.75, 3.05) is 26.3 Å². The molecule has 1 aromatic rings. The normalized spacial score (nSPS) is 16.5. The van der Waals surface area contributed by atoms with E-state index in [0.717, 1.165) is 44.7 Å². The summed E-state index contributed by atoms with van der Waals surface area (Å²) >= 11 is 0. The van der Waals surface area contributed by atoms with E-state index in [-0.39, 0.29) is 0 Å². The summed E-state index contributed by atoms with van der Waals surface area (Å²) in [7, 11) is 0. The van der Waals surface area contributed by atoms with E-state index >= 15 is 0 Å². The van der Waals surface area contributed by atoms with Gasteiger partial charge in [-0.3, -0.25) is 0 Å². The quantitative estimate of drug-likeness (QED) is 0.620. The van der Waals surface area contributed by atoms with Crippen molar-refractivity contribution in [3.05, 3.63) is 35.4 Å². The summed E-state index contributed by atoms with van der Waals surface area (Å²) in [6.07, 6.45) is 2.33. The largest absolute Gasteiger partial charge is 0.381 e. The van der Waals surface area contributed by atoms with Crippen LogP contribution in [0, 0.1) is 0 Å². The van der Waals surface area contributed by atoms with Gasteiger partial charge in [0.15, 0.2) is 5.96 Å². The molecule has 1 heterocycles. The van der Waals surface area contributed by atoms with Crippen LogP contribution in [0.2, 0.25) is 0 Å². The lowest BCUT2D eigenvalue weighted by atomic mass is 10.1. The lowest BCUT2D eigenvalue weighted by Gasteiger charge is -2.22. The molecule has 1 aliphatic rings. The number of aliphatic imine (C=N–C) groups is 1. The van der Waals surface area contributed by atoms with E-state index in [9.17, 15) is 0 Å². The van der Waals surface area contributed by atoms with Gasteiger partial charge in [0, 0.05) is 26.3 Å². The van der Waals surface area contributed by atoms with E-state index in [1.54, 1.807) is 0 Å². The highest BCUT2D eigenvalue weighted by molar-refractivity contribution is 5.77. The molecule has 0 atom stereocenters. The third-order valence-electron chi connectivity index (χ3n) is 4.19. The molecule has 2 rings (SSSR count). The molecule has 1 saturated heterocycles. The third kappa shape index (κ3) is 5.84. The van der Waals surface area contributed by atoms with Gasteiger partial charge >= 0.3 is 0 Å². The molecule has 128 valence electrons. The predicted octanol–water partition coefficient (Wildman–Crippen LogP) is 2.54. The van der Waals surface area contributed by atoms with Crippen LogP contribution < -0.4 is 5.73 Å². The second-order valence-electron chi connectivity index (χ2n) is 5.79. The average molecular weight is 319 g/mol. The molecule has 5 nitrogen and oxygen atoms in total. The van der Waals surface area contributed by atoms with Gasteiger partial charge in [0.05, 0.1) is 19.3 Å². The third-order valence-corrected chi connectivity index (χ3v) is 4.19. The van der Waals surface area contributed by atoms with Crippen LogP contribution in [0.25, 0.3) is 0 Å². The Kier molecular flexibility index (Phi) is 7.36. The first kappa shape index (κ1) is 17.8. The molecule has 0 bridgehead atoms. The standard InChI is InChI=1S/C18H29N3O2/c1-3-21(4-2)18(19)20-13-15-5-7-16(8-6-15)14-23-17-9-11-22-12-10-17/h5-8,17H,3-4,9-14H2,1-2H3,(H2,19,20). The number of benzene rings is 1. The fourth-order valence-electron chi connectivity index (χ4n) is 2.62. The first-order valence-electron chi connectivity index (χ1n) is 8.55. The lowest BCUT2D eigenvalue weighted by molar-refractivity contribution is -0.0390. The first-order chi connectivity index (χ1) is 11.2. The van der Waals surface area contributed by atoms with E-state index in [4.69, 9.17) is 15.2 Å². The van der Waals surface area contributed by atoms with Crippen molar-refractivity contribution in [1.29, 1.82) is 0 Å². The Bertz CT molecular complexity index is 478. The molecule has 0 aromatic heterocycles. The number of hydrogen-bond acceptors (Lipinski definition) is 3. The summed E-state index contributed by atoms with van der Waals surface area (Å²) in [6.45, 7) is 8.84. The highest BCUT2D eigenvalue weighted by Crippen LogP contribution is 2.14. The highest BCUT2D eigenvalue weighted by Gasteiger charge is 2.13. The summed E-state index contributed by atoms with van der Waals surface area (Å²) in [5.74, 6) is 0.613. The van der Waals surface area contributed by atoms with Crippen molar-refractivity contribution in [2.45, 2.75) is 45.9 Å². The topological polar surface area (TPSA) is 60.1 Å². The van der Waals surface area contributed by atoms with Crippen LogP contribution in [0.1, 0.15) is 37.8 Å². The molecule has 23 heavy (non-hydrogen) atoms. The summed E-state index contributed by atoms with van der Waals surface area (Å²) in [4.78, 5) is 6.51.